The molecule has 0 saturated carbocycles. The Labute approximate surface area is 188 Å². The molecule has 0 aliphatic carbocycles. The Morgan fingerprint density at radius 3 is 2.19 bits per heavy atom. The zero-order valence-electron chi connectivity index (χ0n) is 19.3. The molecule has 0 saturated heterocycles. The lowest BCUT2D eigenvalue weighted by atomic mass is 9.80. The molecular weight excluding hydrogens is 380 g/mol. The van der Waals surface area contributed by atoms with Crippen LogP contribution in [0.4, 0.5) is 0 Å². The molecule has 0 aromatic heterocycles. The van der Waals surface area contributed by atoms with Gasteiger partial charge < -0.3 is 9.47 Å². The normalized spacial score (nSPS) is 11.3. The summed E-state index contributed by atoms with van der Waals surface area (Å²) < 4.78 is 11.8. The van der Waals surface area contributed by atoms with Crippen LogP contribution in [0.25, 0.3) is 0 Å². The third-order valence-electron chi connectivity index (χ3n) is 5.80. The number of hydrogen-bond acceptors (Lipinski definition) is 2. The molecule has 3 rings (SSSR count). The van der Waals surface area contributed by atoms with Gasteiger partial charge in [0, 0.05) is 0 Å². The maximum atomic E-state index is 5.98. The van der Waals surface area contributed by atoms with E-state index in [4.69, 9.17) is 9.47 Å². The molecule has 0 atom stereocenters. The van der Waals surface area contributed by atoms with Gasteiger partial charge in [-0.15, -0.1) is 0 Å². The molecule has 0 unspecified atom stereocenters. The summed E-state index contributed by atoms with van der Waals surface area (Å²) in [5.41, 5.74) is 2.83. The van der Waals surface area contributed by atoms with Gasteiger partial charge in [-0.1, -0.05) is 76.1 Å². The Kier molecular flexibility index (Phi) is 8.58. The molecule has 0 N–H and O–H groups in total. The monoisotopic (exact) mass is 416 g/mol. The summed E-state index contributed by atoms with van der Waals surface area (Å²) in [5.74, 6) is 2.75. The highest BCUT2D eigenvalue weighted by atomic mass is 16.5. The van der Waals surface area contributed by atoms with E-state index in [0.29, 0.717) is 0 Å². The fourth-order valence-electron chi connectivity index (χ4n) is 3.81. The molecule has 0 fully saturated rings. The standard InChI is InChI=1S/C29H36O2/c1-4-5-9-22-30-26-19-17-25(18-20-26)29(2,3)21-11-13-24-12-10-16-28(23-24)31-27-14-7-6-8-15-27/h6-8,10,12,14-20,23H,4-5,9,11,13,21-22H2,1-3H3. The largest absolute Gasteiger partial charge is 0.494 e. The van der Waals surface area contributed by atoms with Crippen molar-refractivity contribution in [2.24, 2.45) is 0 Å². The van der Waals surface area contributed by atoms with Gasteiger partial charge in [-0.3, -0.25) is 0 Å². The summed E-state index contributed by atoms with van der Waals surface area (Å²) in [6.45, 7) is 7.69. The van der Waals surface area contributed by atoms with Crippen molar-refractivity contribution >= 4 is 0 Å². The second kappa shape index (κ2) is 11.6. The Bertz CT molecular complexity index is 898. The van der Waals surface area contributed by atoms with Crippen molar-refractivity contribution in [3.05, 3.63) is 90.0 Å². The molecule has 31 heavy (non-hydrogen) atoms. The van der Waals surface area contributed by atoms with Crippen molar-refractivity contribution in [3.8, 4) is 17.2 Å². The molecule has 0 aliphatic heterocycles. The van der Waals surface area contributed by atoms with Gasteiger partial charge in [-0.25, -0.2) is 0 Å². The molecule has 3 aromatic carbocycles. The van der Waals surface area contributed by atoms with Crippen LogP contribution in [0.3, 0.4) is 0 Å². The predicted octanol–water partition coefficient (Wildman–Crippen LogP) is 8.35. The number of unbranched alkanes of at least 4 members (excludes halogenated alkanes) is 2. The number of ether oxygens (including phenoxy) is 2. The van der Waals surface area contributed by atoms with Gasteiger partial charge in [0.15, 0.2) is 0 Å². The fourth-order valence-corrected chi connectivity index (χ4v) is 3.81. The number of para-hydroxylation sites is 1. The molecule has 2 nitrogen and oxygen atoms in total. The summed E-state index contributed by atoms with van der Waals surface area (Å²) in [6.07, 6.45) is 6.90. The van der Waals surface area contributed by atoms with E-state index >= 15 is 0 Å². The summed E-state index contributed by atoms with van der Waals surface area (Å²) in [4.78, 5) is 0. The van der Waals surface area contributed by atoms with Crippen LogP contribution < -0.4 is 9.47 Å². The molecule has 2 heteroatoms. The Hall–Kier alpha value is -2.74. The van der Waals surface area contributed by atoms with Crippen LogP contribution in [0.2, 0.25) is 0 Å². The molecule has 0 spiro atoms. The van der Waals surface area contributed by atoms with Crippen molar-refractivity contribution in [1.82, 2.24) is 0 Å². The molecule has 164 valence electrons. The second-order valence-electron chi connectivity index (χ2n) is 8.88. The zero-order valence-corrected chi connectivity index (χ0v) is 19.3. The number of rotatable bonds is 12. The van der Waals surface area contributed by atoms with E-state index in [1.165, 1.54) is 24.0 Å². The third-order valence-corrected chi connectivity index (χ3v) is 5.80. The van der Waals surface area contributed by atoms with Crippen LogP contribution in [-0.4, -0.2) is 6.61 Å². The van der Waals surface area contributed by atoms with E-state index in [-0.39, 0.29) is 5.41 Å². The fraction of sp³-hybridized carbons (Fsp3) is 0.379. The second-order valence-corrected chi connectivity index (χ2v) is 8.88. The van der Waals surface area contributed by atoms with Gasteiger partial charge >= 0.3 is 0 Å². The summed E-state index contributed by atoms with van der Waals surface area (Å²) in [7, 11) is 0. The van der Waals surface area contributed by atoms with Crippen molar-refractivity contribution in [2.45, 2.75) is 64.7 Å². The molecular formula is C29H36O2. The number of benzene rings is 3. The van der Waals surface area contributed by atoms with Crippen molar-refractivity contribution in [2.75, 3.05) is 6.61 Å². The lowest BCUT2D eigenvalue weighted by Gasteiger charge is -2.25. The van der Waals surface area contributed by atoms with Crippen molar-refractivity contribution < 1.29 is 9.47 Å². The van der Waals surface area contributed by atoms with E-state index in [9.17, 15) is 0 Å². The average molecular weight is 417 g/mol. The molecule has 0 bridgehead atoms. The highest BCUT2D eigenvalue weighted by Gasteiger charge is 2.20. The van der Waals surface area contributed by atoms with E-state index in [0.717, 1.165) is 49.5 Å². The van der Waals surface area contributed by atoms with Crippen molar-refractivity contribution in [3.63, 3.8) is 0 Å². The molecule has 3 aromatic rings. The molecule has 0 heterocycles. The van der Waals surface area contributed by atoms with Crippen LogP contribution in [0.1, 0.15) is 64.0 Å². The van der Waals surface area contributed by atoms with E-state index in [2.05, 4.69) is 63.2 Å². The topological polar surface area (TPSA) is 18.5 Å². The summed E-state index contributed by atoms with van der Waals surface area (Å²) in [5, 5.41) is 0. The maximum Gasteiger partial charge on any atom is 0.127 e. The minimum atomic E-state index is 0.138. The van der Waals surface area contributed by atoms with Gasteiger partial charge in [-0.2, -0.15) is 0 Å². The molecule has 0 radical (unpaired) electrons. The first-order valence-electron chi connectivity index (χ1n) is 11.6. The van der Waals surface area contributed by atoms with Crippen LogP contribution in [0.15, 0.2) is 78.9 Å². The van der Waals surface area contributed by atoms with Gasteiger partial charge in [0.05, 0.1) is 6.61 Å². The summed E-state index contributed by atoms with van der Waals surface area (Å²) >= 11 is 0. The van der Waals surface area contributed by atoms with E-state index in [1.54, 1.807) is 0 Å². The minimum Gasteiger partial charge on any atom is -0.494 e. The molecule has 0 aliphatic rings. The quantitative estimate of drug-likeness (QED) is 0.276. The van der Waals surface area contributed by atoms with Crippen LogP contribution in [-0.2, 0) is 11.8 Å². The predicted molar refractivity (Wildman–Crippen MR) is 130 cm³/mol. The van der Waals surface area contributed by atoms with Gasteiger partial charge in [-0.05, 0) is 78.6 Å². The first kappa shape index (κ1) is 22.9. The van der Waals surface area contributed by atoms with Gasteiger partial charge in [0.2, 0.25) is 0 Å². The van der Waals surface area contributed by atoms with Gasteiger partial charge in [0.1, 0.15) is 17.2 Å². The van der Waals surface area contributed by atoms with E-state index < -0.39 is 0 Å². The van der Waals surface area contributed by atoms with E-state index in [1.807, 2.05) is 36.4 Å². The van der Waals surface area contributed by atoms with Crippen LogP contribution >= 0.6 is 0 Å². The first-order valence-corrected chi connectivity index (χ1v) is 11.6. The smallest absolute Gasteiger partial charge is 0.127 e. The SMILES string of the molecule is CCCCCOc1ccc(C(C)(C)CCCc2cccc(Oc3ccccc3)c2)cc1. The minimum absolute atomic E-state index is 0.138. The maximum absolute atomic E-state index is 5.98. The van der Waals surface area contributed by atoms with Gasteiger partial charge in [0.25, 0.3) is 0 Å². The molecule has 0 amide bonds. The Morgan fingerprint density at radius 2 is 1.45 bits per heavy atom. The lowest BCUT2D eigenvalue weighted by molar-refractivity contribution is 0.306. The Morgan fingerprint density at radius 1 is 0.710 bits per heavy atom. The van der Waals surface area contributed by atoms with Crippen LogP contribution in [0, 0.1) is 0 Å². The first-order chi connectivity index (χ1) is 15.1. The van der Waals surface area contributed by atoms with Crippen LogP contribution in [0.5, 0.6) is 17.2 Å². The Balaban J connectivity index is 1.49. The number of aryl methyl sites for hydroxylation is 1. The zero-order chi connectivity index (χ0) is 21.9. The lowest BCUT2D eigenvalue weighted by Crippen LogP contribution is -2.17. The number of hydrogen-bond donors (Lipinski definition) is 0. The van der Waals surface area contributed by atoms with Crippen molar-refractivity contribution in [1.29, 1.82) is 0 Å². The highest BCUT2D eigenvalue weighted by molar-refractivity contribution is 5.34. The third kappa shape index (κ3) is 7.47. The average Bonchev–Trinajstić information content (AvgIpc) is 2.78. The highest BCUT2D eigenvalue weighted by Crippen LogP contribution is 2.31. The summed E-state index contributed by atoms with van der Waals surface area (Å²) in [6, 6.07) is 27.1.